The van der Waals surface area contributed by atoms with Crippen molar-refractivity contribution in [3.63, 3.8) is 0 Å². The van der Waals surface area contributed by atoms with Gasteiger partial charge in [-0.25, -0.2) is 9.97 Å². The van der Waals surface area contributed by atoms with Gasteiger partial charge >= 0.3 is 6.18 Å². The molecule has 1 aromatic carbocycles. The molecule has 0 bridgehead atoms. The molecule has 20 heavy (non-hydrogen) atoms. The van der Waals surface area contributed by atoms with Crippen molar-refractivity contribution in [1.82, 2.24) is 15.3 Å². The molecule has 0 saturated heterocycles. The SMILES string of the molecule is CNC(Cc1cccc(C(F)(F)F)c1)c1ccncn1. The van der Waals surface area contributed by atoms with Gasteiger partial charge in [-0.3, -0.25) is 0 Å². The molecule has 0 aliphatic heterocycles. The molecule has 2 aromatic rings. The van der Waals surface area contributed by atoms with Gasteiger partial charge in [0.05, 0.1) is 17.3 Å². The van der Waals surface area contributed by atoms with E-state index in [1.165, 1.54) is 18.5 Å². The molecule has 1 heterocycles. The van der Waals surface area contributed by atoms with E-state index in [-0.39, 0.29) is 6.04 Å². The van der Waals surface area contributed by atoms with Crippen LogP contribution in [0.3, 0.4) is 0 Å². The summed E-state index contributed by atoms with van der Waals surface area (Å²) in [5.41, 5.74) is 0.727. The number of rotatable bonds is 4. The molecule has 2 rings (SSSR count). The van der Waals surface area contributed by atoms with Crippen molar-refractivity contribution in [2.45, 2.75) is 18.6 Å². The third-order valence-electron chi connectivity index (χ3n) is 3.00. The van der Waals surface area contributed by atoms with Crippen LogP contribution in [0.15, 0.2) is 42.9 Å². The second kappa shape index (κ2) is 6.00. The van der Waals surface area contributed by atoms with E-state index in [0.29, 0.717) is 12.0 Å². The zero-order valence-electron chi connectivity index (χ0n) is 10.9. The van der Waals surface area contributed by atoms with E-state index in [9.17, 15) is 13.2 Å². The van der Waals surface area contributed by atoms with E-state index >= 15 is 0 Å². The predicted octanol–water partition coefficient (Wildman–Crippen LogP) is 3.00. The molecular weight excluding hydrogens is 267 g/mol. The Morgan fingerprint density at radius 1 is 1.25 bits per heavy atom. The highest BCUT2D eigenvalue weighted by Gasteiger charge is 2.30. The van der Waals surface area contributed by atoms with Crippen LogP contribution in [0.25, 0.3) is 0 Å². The highest BCUT2D eigenvalue weighted by atomic mass is 19.4. The van der Waals surface area contributed by atoms with Crippen LogP contribution in [0.5, 0.6) is 0 Å². The maximum absolute atomic E-state index is 12.7. The van der Waals surface area contributed by atoms with E-state index in [1.807, 2.05) is 0 Å². The van der Waals surface area contributed by atoms with Crippen molar-refractivity contribution in [2.24, 2.45) is 0 Å². The molecule has 0 radical (unpaired) electrons. The number of likely N-dealkylation sites (N-methyl/N-ethyl adjacent to an activating group) is 1. The van der Waals surface area contributed by atoms with E-state index in [2.05, 4.69) is 15.3 Å². The predicted molar refractivity (Wildman–Crippen MR) is 69.0 cm³/mol. The summed E-state index contributed by atoms with van der Waals surface area (Å²) in [5.74, 6) is 0. The number of halogens is 3. The monoisotopic (exact) mass is 281 g/mol. The number of nitrogens with zero attached hydrogens (tertiary/aromatic N) is 2. The lowest BCUT2D eigenvalue weighted by atomic mass is 10.0. The second-order valence-corrected chi connectivity index (χ2v) is 4.38. The Hall–Kier alpha value is -1.95. The summed E-state index contributed by atoms with van der Waals surface area (Å²) < 4.78 is 38.0. The van der Waals surface area contributed by atoms with Gasteiger partial charge in [-0.05, 0) is 31.2 Å². The van der Waals surface area contributed by atoms with Gasteiger partial charge < -0.3 is 5.32 Å². The fraction of sp³-hybridized carbons (Fsp3) is 0.286. The van der Waals surface area contributed by atoms with Crippen molar-refractivity contribution in [2.75, 3.05) is 7.05 Å². The molecule has 0 saturated carbocycles. The lowest BCUT2D eigenvalue weighted by molar-refractivity contribution is -0.137. The summed E-state index contributed by atoms with van der Waals surface area (Å²) in [7, 11) is 1.75. The molecule has 3 nitrogen and oxygen atoms in total. The number of nitrogens with one attached hydrogen (secondary N) is 1. The minimum Gasteiger partial charge on any atom is -0.311 e. The Morgan fingerprint density at radius 3 is 2.65 bits per heavy atom. The van der Waals surface area contributed by atoms with Crippen molar-refractivity contribution < 1.29 is 13.2 Å². The van der Waals surface area contributed by atoms with Gasteiger partial charge in [0.15, 0.2) is 0 Å². The summed E-state index contributed by atoms with van der Waals surface area (Å²) in [6, 6.07) is 6.94. The van der Waals surface area contributed by atoms with Gasteiger partial charge in [0, 0.05) is 6.20 Å². The summed E-state index contributed by atoms with van der Waals surface area (Å²) in [6.45, 7) is 0. The van der Waals surface area contributed by atoms with E-state index < -0.39 is 11.7 Å². The van der Waals surface area contributed by atoms with Crippen LogP contribution in [-0.4, -0.2) is 17.0 Å². The quantitative estimate of drug-likeness (QED) is 0.936. The van der Waals surface area contributed by atoms with Crippen LogP contribution in [0.2, 0.25) is 0 Å². The molecule has 0 aliphatic carbocycles. The average molecular weight is 281 g/mol. The third kappa shape index (κ3) is 3.54. The lowest BCUT2D eigenvalue weighted by Crippen LogP contribution is -2.20. The first-order valence-electron chi connectivity index (χ1n) is 6.10. The zero-order valence-corrected chi connectivity index (χ0v) is 10.9. The number of alkyl halides is 3. The lowest BCUT2D eigenvalue weighted by Gasteiger charge is -2.16. The standard InChI is InChI=1S/C14H14F3N3/c1-18-13(12-5-6-19-9-20-12)8-10-3-2-4-11(7-10)14(15,16)17/h2-7,9,13,18H,8H2,1H3. The van der Waals surface area contributed by atoms with Crippen LogP contribution in [0, 0.1) is 0 Å². The minimum atomic E-state index is -4.32. The summed E-state index contributed by atoms with van der Waals surface area (Å²) in [4.78, 5) is 7.95. The van der Waals surface area contributed by atoms with Crippen LogP contribution in [-0.2, 0) is 12.6 Å². The largest absolute Gasteiger partial charge is 0.416 e. The summed E-state index contributed by atoms with van der Waals surface area (Å²) in [5, 5.41) is 3.05. The Bertz CT molecular complexity index is 555. The van der Waals surface area contributed by atoms with Gasteiger partial charge in [0.25, 0.3) is 0 Å². The fourth-order valence-corrected chi connectivity index (χ4v) is 1.97. The zero-order chi connectivity index (χ0) is 14.6. The number of benzene rings is 1. The first-order valence-corrected chi connectivity index (χ1v) is 6.10. The molecule has 1 aromatic heterocycles. The van der Waals surface area contributed by atoms with E-state index in [0.717, 1.165) is 11.8 Å². The molecule has 106 valence electrons. The topological polar surface area (TPSA) is 37.8 Å². The van der Waals surface area contributed by atoms with Gasteiger partial charge in [-0.2, -0.15) is 13.2 Å². The van der Waals surface area contributed by atoms with Crippen LogP contribution >= 0.6 is 0 Å². The normalized spacial score (nSPS) is 13.2. The first-order chi connectivity index (χ1) is 9.50. The molecule has 0 fully saturated rings. The molecule has 1 unspecified atom stereocenters. The molecular formula is C14H14F3N3. The maximum Gasteiger partial charge on any atom is 0.416 e. The smallest absolute Gasteiger partial charge is 0.311 e. The van der Waals surface area contributed by atoms with Crippen LogP contribution < -0.4 is 5.32 Å². The van der Waals surface area contributed by atoms with Crippen LogP contribution in [0.4, 0.5) is 13.2 Å². The third-order valence-corrected chi connectivity index (χ3v) is 3.00. The molecule has 0 aliphatic rings. The highest BCUT2D eigenvalue weighted by Crippen LogP contribution is 2.30. The van der Waals surface area contributed by atoms with Gasteiger partial charge in [0.1, 0.15) is 6.33 Å². The van der Waals surface area contributed by atoms with Gasteiger partial charge in [0.2, 0.25) is 0 Å². The Kier molecular flexibility index (Phi) is 4.34. The van der Waals surface area contributed by atoms with E-state index in [1.54, 1.807) is 25.4 Å². The Balaban J connectivity index is 2.20. The molecule has 1 atom stereocenters. The number of hydrogen-bond acceptors (Lipinski definition) is 3. The molecule has 6 heteroatoms. The number of aromatic nitrogens is 2. The first kappa shape index (κ1) is 14.5. The van der Waals surface area contributed by atoms with E-state index in [4.69, 9.17) is 0 Å². The van der Waals surface area contributed by atoms with Crippen molar-refractivity contribution in [1.29, 1.82) is 0 Å². The molecule has 1 N–H and O–H groups in total. The molecule has 0 spiro atoms. The average Bonchev–Trinajstić information content (AvgIpc) is 2.45. The Morgan fingerprint density at radius 2 is 2.05 bits per heavy atom. The number of hydrogen-bond donors (Lipinski definition) is 1. The van der Waals surface area contributed by atoms with Gasteiger partial charge in [-0.15, -0.1) is 0 Å². The van der Waals surface area contributed by atoms with Crippen LogP contribution in [0.1, 0.15) is 22.9 Å². The van der Waals surface area contributed by atoms with Crippen molar-refractivity contribution in [3.8, 4) is 0 Å². The van der Waals surface area contributed by atoms with Crippen molar-refractivity contribution in [3.05, 3.63) is 59.7 Å². The van der Waals surface area contributed by atoms with Gasteiger partial charge in [-0.1, -0.05) is 18.2 Å². The highest BCUT2D eigenvalue weighted by molar-refractivity contribution is 5.27. The molecule has 0 amide bonds. The second-order valence-electron chi connectivity index (χ2n) is 4.38. The summed E-state index contributed by atoms with van der Waals surface area (Å²) in [6.07, 6.45) is -0.859. The van der Waals surface area contributed by atoms with Crippen molar-refractivity contribution >= 4 is 0 Å². The summed E-state index contributed by atoms with van der Waals surface area (Å²) >= 11 is 0. The minimum absolute atomic E-state index is 0.151. The fourth-order valence-electron chi connectivity index (χ4n) is 1.97. The maximum atomic E-state index is 12.7. The Labute approximate surface area is 114 Å².